The smallest absolute Gasteiger partial charge is 0.295 e. The molecule has 1 amide bonds. The van der Waals surface area contributed by atoms with Crippen LogP contribution in [-0.4, -0.2) is 44.0 Å². The van der Waals surface area contributed by atoms with Crippen molar-refractivity contribution in [2.75, 3.05) is 6.54 Å². The first kappa shape index (κ1) is 8.15. The van der Waals surface area contributed by atoms with E-state index < -0.39 is 0 Å². The molecule has 0 aromatic carbocycles. The minimum Gasteiger partial charge on any atom is -0.333 e. The first-order valence-corrected chi connectivity index (χ1v) is 4.33. The molecule has 1 aliphatic rings. The summed E-state index contributed by atoms with van der Waals surface area (Å²) in [6.45, 7) is 2.83. The van der Waals surface area contributed by atoms with Crippen molar-refractivity contribution in [3.05, 3.63) is 5.82 Å². The van der Waals surface area contributed by atoms with Crippen LogP contribution >= 0.6 is 0 Å². The number of nitrogens with zero attached hydrogens (tertiary/aromatic N) is 4. The second-order valence-corrected chi connectivity index (χ2v) is 3.23. The number of rotatable bonds is 1. The molecule has 0 radical (unpaired) electrons. The molecule has 1 aromatic heterocycles. The normalized spacial score (nSPS) is 22.2. The number of likely N-dealkylation sites (tertiary alicyclic amines) is 1. The van der Waals surface area contributed by atoms with Crippen LogP contribution in [0.15, 0.2) is 0 Å². The van der Waals surface area contributed by atoms with Crippen molar-refractivity contribution in [3.8, 4) is 0 Å². The van der Waals surface area contributed by atoms with E-state index in [1.807, 2.05) is 6.92 Å². The molecular formula is C7H11N5O. The number of nitrogens with one attached hydrogen (secondary N) is 1. The van der Waals surface area contributed by atoms with Crippen molar-refractivity contribution in [1.82, 2.24) is 25.5 Å². The van der Waals surface area contributed by atoms with Gasteiger partial charge in [0, 0.05) is 12.6 Å². The van der Waals surface area contributed by atoms with E-state index in [2.05, 4.69) is 20.6 Å². The first-order valence-electron chi connectivity index (χ1n) is 4.33. The zero-order valence-corrected chi connectivity index (χ0v) is 7.40. The molecule has 1 aliphatic heterocycles. The maximum absolute atomic E-state index is 11.7. The number of H-pyrrole nitrogens is 1. The van der Waals surface area contributed by atoms with E-state index in [9.17, 15) is 4.79 Å². The molecule has 0 bridgehead atoms. The second-order valence-electron chi connectivity index (χ2n) is 3.23. The van der Waals surface area contributed by atoms with Gasteiger partial charge >= 0.3 is 0 Å². The molecule has 6 nitrogen and oxygen atoms in total. The van der Waals surface area contributed by atoms with Gasteiger partial charge in [-0.05, 0) is 25.0 Å². The fraction of sp³-hybridized carbons (Fsp3) is 0.714. The Morgan fingerprint density at radius 2 is 2.54 bits per heavy atom. The van der Waals surface area contributed by atoms with Crippen molar-refractivity contribution < 1.29 is 4.79 Å². The minimum absolute atomic E-state index is 0.126. The summed E-state index contributed by atoms with van der Waals surface area (Å²) >= 11 is 0. The largest absolute Gasteiger partial charge is 0.333 e. The predicted molar refractivity (Wildman–Crippen MR) is 43.9 cm³/mol. The fourth-order valence-electron chi connectivity index (χ4n) is 1.62. The Hall–Kier alpha value is -1.46. The average molecular weight is 181 g/mol. The average Bonchev–Trinajstić information content (AvgIpc) is 2.72. The Labute approximate surface area is 75.3 Å². The number of hydrogen-bond donors (Lipinski definition) is 1. The van der Waals surface area contributed by atoms with Crippen LogP contribution in [0.5, 0.6) is 0 Å². The highest BCUT2D eigenvalue weighted by atomic mass is 16.2. The summed E-state index contributed by atoms with van der Waals surface area (Å²) in [5.74, 6) is 0.0347. The Morgan fingerprint density at radius 3 is 3.08 bits per heavy atom. The number of aromatic nitrogens is 4. The van der Waals surface area contributed by atoms with Crippen LogP contribution in [0.2, 0.25) is 0 Å². The molecule has 2 heterocycles. The first-order chi connectivity index (χ1) is 6.29. The quantitative estimate of drug-likeness (QED) is 0.652. The number of carbonyl (C=O) groups excluding carboxylic acids is 1. The third-order valence-electron chi connectivity index (χ3n) is 2.35. The van der Waals surface area contributed by atoms with Gasteiger partial charge in [0.25, 0.3) is 11.7 Å². The van der Waals surface area contributed by atoms with Crippen LogP contribution in [-0.2, 0) is 0 Å². The summed E-state index contributed by atoms with van der Waals surface area (Å²) in [6, 6.07) is 0.297. The van der Waals surface area contributed by atoms with Crippen molar-refractivity contribution >= 4 is 5.91 Å². The van der Waals surface area contributed by atoms with E-state index in [0.717, 1.165) is 19.4 Å². The van der Waals surface area contributed by atoms with Crippen LogP contribution in [0.1, 0.15) is 30.4 Å². The maximum atomic E-state index is 11.7. The van der Waals surface area contributed by atoms with E-state index in [4.69, 9.17) is 0 Å². The van der Waals surface area contributed by atoms with Crippen LogP contribution in [0.3, 0.4) is 0 Å². The molecule has 0 aliphatic carbocycles. The number of tetrazole rings is 1. The van der Waals surface area contributed by atoms with Gasteiger partial charge in [-0.25, -0.2) is 0 Å². The molecule has 1 atom stereocenters. The highest BCUT2D eigenvalue weighted by molar-refractivity contribution is 5.90. The molecule has 1 unspecified atom stereocenters. The standard InChI is InChI=1S/C7H11N5O/c1-5-3-2-4-12(5)7(13)6-8-10-11-9-6/h5H,2-4H2,1H3,(H,8,9,10,11). The molecular weight excluding hydrogens is 170 g/mol. The molecule has 1 fully saturated rings. The van der Waals surface area contributed by atoms with Crippen molar-refractivity contribution in [1.29, 1.82) is 0 Å². The lowest BCUT2D eigenvalue weighted by Crippen LogP contribution is -2.34. The fourth-order valence-corrected chi connectivity index (χ4v) is 1.62. The lowest BCUT2D eigenvalue weighted by atomic mass is 10.2. The second kappa shape index (κ2) is 3.12. The predicted octanol–water partition coefficient (Wildman–Crippen LogP) is -0.176. The summed E-state index contributed by atoms with van der Waals surface area (Å²) < 4.78 is 0. The zero-order chi connectivity index (χ0) is 9.26. The van der Waals surface area contributed by atoms with E-state index >= 15 is 0 Å². The molecule has 1 N–H and O–H groups in total. The highest BCUT2D eigenvalue weighted by Crippen LogP contribution is 2.17. The van der Waals surface area contributed by atoms with E-state index in [0.29, 0.717) is 6.04 Å². The summed E-state index contributed by atoms with van der Waals surface area (Å²) in [6.07, 6.45) is 2.12. The number of aromatic amines is 1. The van der Waals surface area contributed by atoms with Gasteiger partial charge in [-0.3, -0.25) is 4.79 Å². The summed E-state index contributed by atoms with van der Waals surface area (Å²) in [5.41, 5.74) is 0. The van der Waals surface area contributed by atoms with Crippen LogP contribution in [0.4, 0.5) is 0 Å². The monoisotopic (exact) mass is 181 g/mol. The van der Waals surface area contributed by atoms with Gasteiger partial charge in [-0.15, -0.1) is 10.2 Å². The van der Waals surface area contributed by atoms with Crippen LogP contribution < -0.4 is 0 Å². The van der Waals surface area contributed by atoms with Gasteiger partial charge in [0.05, 0.1) is 0 Å². The lowest BCUT2D eigenvalue weighted by molar-refractivity contribution is 0.0735. The molecule has 1 saturated heterocycles. The third kappa shape index (κ3) is 1.39. The van der Waals surface area contributed by atoms with Gasteiger partial charge in [-0.1, -0.05) is 0 Å². The SMILES string of the molecule is CC1CCCN1C(=O)c1nn[nH]n1. The zero-order valence-electron chi connectivity index (χ0n) is 7.40. The number of hydrogen-bond acceptors (Lipinski definition) is 4. The van der Waals surface area contributed by atoms with Crippen LogP contribution in [0.25, 0.3) is 0 Å². The highest BCUT2D eigenvalue weighted by Gasteiger charge is 2.28. The Bertz CT molecular complexity index is 296. The van der Waals surface area contributed by atoms with Crippen LogP contribution in [0, 0.1) is 0 Å². The lowest BCUT2D eigenvalue weighted by Gasteiger charge is -2.18. The Morgan fingerprint density at radius 1 is 1.69 bits per heavy atom. The van der Waals surface area contributed by atoms with Crippen molar-refractivity contribution in [2.24, 2.45) is 0 Å². The minimum atomic E-state index is -0.126. The Kier molecular flexibility index (Phi) is 1.96. The van der Waals surface area contributed by atoms with Gasteiger partial charge < -0.3 is 4.90 Å². The van der Waals surface area contributed by atoms with Gasteiger partial charge in [0.1, 0.15) is 0 Å². The van der Waals surface area contributed by atoms with Gasteiger partial charge in [-0.2, -0.15) is 5.21 Å². The number of carbonyl (C=O) groups is 1. The molecule has 13 heavy (non-hydrogen) atoms. The Balaban J connectivity index is 2.13. The summed E-state index contributed by atoms with van der Waals surface area (Å²) in [7, 11) is 0. The molecule has 70 valence electrons. The van der Waals surface area contributed by atoms with Gasteiger partial charge in [0.15, 0.2) is 0 Å². The maximum Gasteiger partial charge on any atom is 0.295 e. The molecule has 1 aromatic rings. The molecule has 6 heteroatoms. The number of amides is 1. The van der Waals surface area contributed by atoms with E-state index in [1.54, 1.807) is 4.90 Å². The van der Waals surface area contributed by atoms with Gasteiger partial charge in [0.2, 0.25) is 0 Å². The van der Waals surface area contributed by atoms with E-state index in [-0.39, 0.29) is 11.7 Å². The van der Waals surface area contributed by atoms with E-state index in [1.165, 1.54) is 0 Å². The summed E-state index contributed by atoms with van der Waals surface area (Å²) in [4.78, 5) is 13.4. The topological polar surface area (TPSA) is 74.8 Å². The summed E-state index contributed by atoms with van der Waals surface area (Å²) in [5, 5.41) is 12.9. The molecule has 0 saturated carbocycles. The van der Waals surface area contributed by atoms with Crippen molar-refractivity contribution in [2.45, 2.75) is 25.8 Å². The molecule has 2 rings (SSSR count). The third-order valence-corrected chi connectivity index (χ3v) is 2.35. The molecule has 0 spiro atoms. The van der Waals surface area contributed by atoms with Crippen molar-refractivity contribution in [3.63, 3.8) is 0 Å².